The second-order valence-corrected chi connectivity index (χ2v) is 5.62. The van der Waals surface area contributed by atoms with Crippen molar-refractivity contribution in [3.63, 3.8) is 0 Å². The van der Waals surface area contributed by atoms with Crippen LogP contribution in [0.4, 0.5) is 0 Å². The van der Waals surface area contributed by atoms with Gasteiger partial charge in [0, 0.05) is 32.5 Å². The highest BCUT2D eigenvalue weighted by Gasteiger charge is 2.16. The zero-order valence-electron chi connectivity index (χ0n) is 12.4. The van der Waals surface area contributed by atoms with Crippen molar-refractivity contribution >= 4 is 0 Å². The van der Waals surface area contributed by atoms with E-state index in [1.807, 2.05) is 0 Å². The minimum atomic E-state index is 0.178. The molecule has 1 unspecified atom stereocenters. The number of hydrogen-bond acceptors (Lipinski definition) is 4. The summed E-state index contributed by atoms with van der Waals surface area (Å²) in [4.78, 5) is 0. The van der Waals surface area contributed by atoms with E-state index >= 15 is 0 Å². The number of aromatic nitrogens is 2. The first kappa shape index (κ1) is 15.5. The number of nitrogens with zero attached hydrogens (tertiary/aromatic N) is 2. The first-order valence-corrected chi connectivity index (χ1v) is 7.70. The smallest absolute Gasteiger partial charge is 0.0762 e. The minimum absolute atomic E-state index is 0.178. The van der Waals surface area contributed by atoms with Crippen LogP contribution in [-0.2, 0) is 11.3 Å². The Morgan fingerprint density at radius 2 is 2.25 bits per heavy atom. The topological polar surface area (TPSA) is 59.3 Å². The maximum atomic E-state index is 9.02. The summed E-state index contributed by atoms with van der Waals surface area (Å²) < 4.78 is 7.28. The number of ether oxygens (including phenoxy) is 1. The standard InChI is InChI=1S/C15H27N3O2/c1-20-12-14(8-10-19)16-11-13-7-9-18(17-13)15-5-3-2-4-6-15/h7,9,14-16,19H,2-6,8,10-12H2,1H3. The van der Waals surface area contributed by atoms with Gasteiger partial charge in [0.25, 0.3) is 0 Å². The molecule has 5 nitrogen and oxygen atoms in total. The number of aliphatic hydroxyl groups is 1. The fourth-order valence-corrected chi connectivity index (χ4v) is 2.87. The summed E-state index contributed by atoms with van der Waals surface area (Å²) in [6.45, 7) is 1.52. The molecule has 1 aliphatic rings. The highest BCUT2D eigenvalue weighted by molar-refractivity contribution is 5.00. The van der Waals surface area contributed by atoms with Crippen LogP contribution in [0.5, 0.6) is 0 Å². The molecule has 0 aromatic carbocycles. The van der Waals surface area contributed by atoms with Gasteiger partial charge in [-0.3, -0.25) is 4.68 Å². The summed E-state index contributed by atoms with van der Waals surface area (Å²) in [5, 5.41) is 17.1. The number of nitrogens with one attached hydrogen (secondary N) is 1. The van der Waals surface area contributed by atoms with Crippen LogP contribution in [0.3, 0.4) is 0 Å². The van der Waals surface area contributed by atoms with E-state index in [4.69, 9.17) is 9.84 Å². The van der Waals surface area contributed by atoms with Gasteiger partial charge in [-0.2, -0.15) is 5.10 Å². The molecule has 0 bridgehead atoms. The molecule has 1 heterocycles. The molecule has 1 atom stereocenters. The quantitative estimate of drug-likeness (QED) is 0.764. The van der Waals surface area contributed by atoms with E-state index in [1.54, 1.807) is 7.11 Å². The molecule has 1 aliphatic carbocycles. The van der Waals surface area contributed by atoms with E-state index in [-0.39, 0.29) is 12.6 Å². The molecular formula is C15H27N3O2. The monoisotopic (exact) mass is 281 g/mol. The predicted molar refractivity (Wildman–Crippen MR) is 78.6 cm³/mol. The van der Waals surface area contributed by atoms with Crippen LogP contribution in [0.1, 0.15) is 50.3 Å². The first-order valence-electron chi connectivity index (χ1n) is 7.70. The van der Waals surface area contributed by atoms with E-state index in [0.29, 0.717) is 19.1 Å². The Morgan fingerprint density at radius 1 is 1.45 bits per heavy atom. The molecule has 0 saturated heterocycles. The van der Waals surface area contributed by atoms with Gasteiger partial charge in [-0.1, -0.05) is 19.3 Å². The van der Waals surface area contributed by atoms with Crippen molar-refractivity contribution in [1.82, 2.24) is 15.1 Å². The Morgan fingerprint density at radius 3 is 2.95 bits per heavy atom. The lowest BCUT2D eigenvalue weighted by atomic mass is 9.96. The number of rotatable bonds is 8. The summed E-state index contributed by atoms with van der Waals surface area (Å²) >= 11 is 0. The second kappa shape index (κ2) is 8.39. The fraction of sp³-hybridized carbons (Fsp3) is 0.800. The van der Waals surface area contributed by atoms with Crippen molar-refractivity contribution in [1.29, 1.82) is 0 Å². The van der Waals surface area contributed by atoms with Gasteiger partial charge in [-0.05, 0) is 25.3 Å². The molecule has 0 amide bonds. The van der Waals surface area contributed by atoms with E-state index in [0.717, 1.165) is 12.2 Å². The van der Waals surface area contributed by atoms with Gasteiger partial charge in [0.2, 0.25) is 0 Å². The van der Waals surface area contributed by atoms with Gasteiger partial charge in [-0.25, -0.2) is 0 Å². The number of hydrogen-bond donors (Lipinski definition) is 2. The molecule has 1 aromatic rings. The van der Waals surface area contributed by atoms with Gasteiger partial charge in [0.15, 0.2) is 0 Å². The zero-order valence-corrected chi connectivity index (χ0v) is 12.4. The van der Waals surface area contributed by atoms with Gasteiger partial charge in [0.05, 0.1) is 18.3 Å². The third-order valence-electron chi connectivity index (χ3n) is 4.03. The number of methoxy groups -OCH3 is 1. The average Bonchev–Trinajstić information content (AvgIpc) is 2.95. The maximum Gasteiger partial charge on any atom is 0.0762 e. The van der Waals surface area contributed by atoms with Crippen molar-refractivity contribution in [3.8, 4) is 0 Å². The van der Waals surface area contributed by atoms with Crippen LogP contribution in [0.2, 0.25) is 0 Å². The van der Waals surface area contributed by atoms with Gasteiger partial charge in [0.1, 0.15) is 0 Å². The van der Waals surface area contributed by atoms with Crippen molar-refractivity contribution in [2.45, 2.75) is 57.2 Å². The lowest BCUT2D eigenvalue weighted by molar-refractivity contribution is 0.147. The molecule has 1 aromatic heterocycles. The molecule has 5 heteroatoms. The molecule has 0 radical (unpaired) electrons. The Balaban J connectivity index is 1.82. The molecule has 0 aliphatic heterocycles. The minimum Gasteiger partial charge on any atom is -0.396 e. The normalized spacial score (nSPS) is 18.3. The maximum absolute atomic E-state index is 9.02. The highest BCUT2D eigenvalue weighted by atomic mass is 16.5. The third kappa shape index (κ3) is 4.58. The largest absolute Gasteiger partial charge is 0.396 e. The Kier molecular flexibility index (Phi) is 6.50. The first-order chi connectivity index (χ1) is 9.83. The molecule has 1 fully saturated rings. The van der Waals surface area contributed by atoms with Crippen LogP contribution >= 0.6 is 0 Å². The molecule has 1 saturated carbocycles. The van der Waals surface area contributed by atoms with Crippen molar-refractivity contribution < 1.29 is 9.84 Å². The lowest BCUT2D eigenvalue weighted by Crippen LogP contribution is -2.33. The molecular weight excluding hydrogens is 254 g/mol. The summed E-state index contributed by atoms with van der Waals surface area (Å²) in [7, 11) is 1.68. The Labute approximate surface area is 121 Å². The summed E-state index contributed by atoms with van der Waals surface area (Å²) in [5.41, 5.74) is 1.06. The van der Waals surface area contributed by atoms with Gasteiger partial charge in [-0.15, -0.1) is 0 Å². The van der Waals surface area contributed by atoms with E-state index in [9.17, 15) is 0 Å². The Hall–Kier alpha value is -0.910. The fourth-order valence-electron chi connectivity index (χ4n) is 2.87. The third-order valence-corrected chi connectivity index (χ3v) is 4.03. The number of aliphatic hydroxyl groups excluding tert-OH is 1. The molecule has 2 N–H and O–H groups in total. The highest BCUT2D eigenvalue weighted by Crippen LogP contribution is 2.27. The van der Waals surface area contributed by atoms with Crippen molar-refractivity contribution in [2.75, 3.05) is 20.3 Å². The molecule has 0 spiro atoms. The zero-order chi connectivity index (χ0) is 14.2. The molecule has 2 rings (SSSR count). The second-order valence-electron chi connectivity index (χ2n) is 5.62. The summed E-state index contributed by atoms with van der Waals surface area (Å²) in [6, 6.07) is 2.86. The van der Waals surface area contributed by atoms with Gasteiger partial charge >= 0.3 is 0 Å². The van der Waals surface area contributed by atoms with Gasteiger partial charge < -0.3 is 15.2 Å². The molecule has 20 heavy (non-hydrogen) atoms. The van der Waals surface area contributed by atoms with Crippen LogP contribution < -0.4 is 5.32 Å². The Bertz CT molecular complexity index is 369. The van der Waals surface area contributed by atoms with Crippen molar-refractivity contribution in [2.24, 2.45) is 0 Å². The average molecular weight is 281 g/mol. The molecule has 114 valence electrons. The van der Waals surface area contributed by atoms with Crippen LogP contribution in [0.15, 0.2) is 12.3 Å². The summed E-state index contributed by atoms with van der Waals surface area (Å²) in [5.74, 6) is 0. The van der Waals surface area contributed by atoms with E-state index < -0.39 is 0 Å². The van der Waals surface area contributed by atoms with Crippen LogP contribution in [0.25, 0.3) is 0 Å². The lowest BCUT2D eigenvalue weighted by Gasteiger charge is -2.21. The van der Waals surface area contributed by atoms with Crippen molar-refractivity contribution in [3.05, 3.63) is 18.0 Å². The van der Waals surface area contributed by atoms with Crippen LogP contribution in [0, 0.1) is 0 Å². The summed E-state index contributed by atoms with van der Waals surface area (Å²) in [6.07, 6.45) is 9.33. The van der Waals surface area contributed by atoms with E-state index in [2.05, 4.69) is 27.4 Å². The predicted octanol–water partition coefficient (Wildman–Crippen LogP) is 1.88. The van der Waals surface area contributed by atoms with Crippen LogP contribution in [-0.4, -0.2) is 41.3 Å². The van der Waals surface area contributed by atoms with E-state index in [1.165, 1.54) is 32.1 Å². The SMILES string of the molecule is COCC(CCO)NCc1ccn(C2CCCCC2)n1.